The molecule has 0 aliphatic rings. The second kappa shape index (κ2) is 8.02. The van der Waals surface area contributed by atoms with E-state index in [1.807, 2.05) is 6.92 Å². The molecule has 0 aromatic heterocycles. The topological polar surface area (TPSA) is 78.4 Å². The summed E-state index contributed by atoms with van der Waals surface area (Å²) in [7, 11) is 0. The Morgan fingerprint density at radius 1 is 1.11 bits per heavy atom. The van der Waals surface area contributed by atoms with Crippen molar-refractivity contribution >= 4 is 12.0 Å². The summed E-state index contributed by atoms with van der Waals surface area (Å²) in [5.41, 5.74) is -1.16. The molecule has 0 fully saturated rings. The summed E-state index contributed by atoms with van der Waals surface area (Å²) in [5.74, 6) is -0.390. The molecule has 0 saturated carbocycles. The van der Waals surface area contributed by atoms with Crippen molar-refractivity contribution in [1.29, 1.82) is 0 Å². The lowest BCUT2D eigenvalue weighted by atomic mass is 9.93. The first-order valence-corrected chi connectivity index (χ1v) is 7.09. The van der Waals surface area contributed by atoms with Gasteiger partial charge in [-0.2, -0.15) is 0 Å². The normalized spacial score (nSPS) is 13.2. The summed E-state index contributed by atoms with van der Waals surface area (Å²) in [6.45, 7) is 9.73. The van der Waals surface area contributed by atoms with Crippen LogP contribution in [-0.4, -0.2) is 28.7 Å². The summed E-state index contributed by atoms with van der Waals surface area (Å²) in [4.78, 5) is 23.1. The van der Waals surface area contributed by atoms with E-state index in [0.29, 0.717) is 18.8 Å². The van der Waals surface area contributed by atoms with Gasteiger partial charge in [-0.05, 0) is 38.5 Å². The molecule has 5 heteroatoms. The van der Waals surface area contributed by atoms with Crippen LogP contribution in [0.4, 0.5) is 4.79 Å². The fourth-order valence-corrected chi connectivity index (χ4v) is 1.92. The first kappa shape index (κ1) is 17.7. The minimum Gasteiger partial charge on any atom is -0.480 e. The summed E-state index contributed by atoms with van der Waals surface area (Å²) < 4.78 is 0. The molecule has 0 radical (unpaired) electrons. The van der Waals surface area contributed by atoms with Crippen LogP contribution in [0.3, 0.4) is 0 Å². The molecule has 0 aliphatic carbocycles. The van der Waals surface area contributed by atoms with Crippen molar-refractivity contribution in [2.24, 2.45) is 5.92 Å². The lowest BCUT2D eigenvalue weighted by Gasteiger charge is -2.29. The summed E-state index contributed by atoms with van der Waals surface area (Å²) in [6.07, 6.45) is 2.66. The van der Waals surface area contributed by atoms with Crippen LogP contribution in [0, 0.1) is 5.92 Å². The number of carboxylic acids is 1. The predicted octanol–water partition coefficient (Wildman–Crippen LogP) is 2.75. The molecule has 1 unspecified atom stereocenters. The average Bonchev–Trinajstić information content (AvgIpc) is 2.33. The van der Waals surface area contributed by atoms with Crippen LogP contribution in [0.1, 0.15) is 60.3 Å². The van der Waals surface area contributed by atoms with Crippen LogP contribution < -0.4 is 10.6 Å². The molecule has 0 spiro atoms. The van der Waals surface area contributed by atoms with Crippen molar-refractivity contribution in [1.82, 2.24) is 10.6 Å². The van der Waals surface area contributed by atoms with Gasteiger partial charge in [0.2, 0.25) is 0 Å². The van der Waals surface area contributed by atoms with Gasteiger partial charge in [-0.1, -0.05) is 27.7 Å². The van der Waals surface area contributed by atoms with E-state index in [9.17, 15) is 14.7 Å². The van der Waals surface area contributed by atoms with Gasteiger partial charge in [-0.25, -0.2) is 9.59 Å². The number of aliphatic carboxylic acids is 1. The van der Waals surface area contributed by atoms with Crippen molar-refractivity contribution in [2.75, 3.05) is 0 Å². The van der Waals surface area contributed by atoms with Gasteiger partial charge >= 0.3 is 12.0 Å². The molecular weight excluding hydrogens is 244 g/mol. The lowest BCUT2D eigenvalue weighted by Crippen LogP contribution is -2.57. The molecule has 0 bridgehead atoms. The number of carboxylic acid groups (broad SMARTS) is 1. The molecule has 0 aromatic carbocycles. The number of carbonyl (C=O) groups excluding carboxylic acids is 1. The van der Waals surface area contributed by atoms with E-state index in [-0.39, 0.29) is 6.04 Å². The van der Waals surface area contributed by atoms with Gasteiger partial charge in [0, 0.05) is 6.04 Å². The third-order valence-electron chi connectivity index (χ3n) is 3.52. The van der Waals surface area contributed by atoms with Crippen LogP contribution >= 0.6 is 0 Å². The number of nitrogens with one attached hydrogen (secondary N) is 2. The first-order chi connectivity index (χ1) is 8.77. The smallest absolute Gasteiger partial charge is 0.329 e. The van der Waals surface area contributed by atoms with E-state index in [2.05, 4.69) is 24.5 Å². The van der Waals surface area contributed by atoms with Crippen LogP contribution in [0.25, 0.3) is 0 Å². The van der Waals surface area contributed by atoms with Crippen LogP contribution in [0.2, 0.25) is 0 Å². The van der Waals surface area contributed by atoms with Crippen molar-refractivity contribution in [3.63, 3.8) is 0 Å². The minimum atomic E-state index is -1.16. The first-order valence-electron chi connectivity index (χ1n) is 7.09. The third-order valence-corrected chi connectivity index (χ3v) is 3.52. The lowest BCUT2D eigenvalue weighted by molar-refractivity contribution is -0.144. The maximum Gasteiger partial charge on any atom is 0.329 e. The quantitative estimate of drug-likeness (QED) is 0.635. The van der Waals surface area contributed by atoms with Crippen LogP contribution in [0.15, 0.2) is 0 Å². The highest BCUT2D eigenvalue weighted by Gasteiger charge is 2.36. The number of hydrogen-bond acceptors (Lipinski definition) is 2. The Hall–Kier alpha value is -1.26. The molecule has 0 rings (SSSR count). The van der Waals surface area contributed by atoms with E-state index in [0.717, 1.165) is 12.8 Å². The molecule has 0 aliphatic heterocycles. The van der Waals surface area contributed by atoms with E-state index in [1.165, 1.54) is 0 Å². The van der Waals surface area contributed by atoms with Crippen LogP contribution in [0.5, 0.6) is 0 Å². The summed E-state index contributed by atoms with van der Waals surface area (Å²) >= 11 is 0. The summed E-state index contributed by atoms with van der Waals surface area (Å²) in [6, 6.07) is -0.357. The highest BCUT2D eigenvalue weighted by atomic mass is 16.4. The zero-order valence-corrected chi connectivity index (χ0v) is 12.7. The molecule has 19 heavy (non-hydrogen) atoms. The number of urea groups is 1. The van der Waals surface area contributed by atoms with Crippen molar-refractivity contribution in [3.05, 3.63) is 0 Å². The number of rotatable bonds is 8. The molecule has 0 saturated heterocycles. The molecular formula is C14H28N2O3. The zero-order chi connectivity index (χ0) is 15.1. The van der Waals surface area contributed by atoms with E-state index in [1.54, 1.807) is 13.8 Å². The second-order valence-electron chi connectivity index (χ2n) is 5.57. The standard InChI is InChI=1S/C14H28N2O3/c1-6-14(7-2,12(17)18)16-13(19)15-11(5)9-8-10(3)4/h10-11H,6-9H2,1-5H3,(H,17,18)(H2,15,16,19). The Morgan fingerprint density at radius 2 is 1.63 bits per heavy atom. The monoisotopic (exact) mass is 272 g/mol. The Labute approximate surface area is 116 Å². The fourth-order valence-electron chi connectivity index (χ4n) is 1.92. The Balaban J connectivity index is 4.39. The van der Waals surface area contributed by atoms with Crippen molar-refractivity contribution in [3.8, 4) is 0 Å². The van der Waals surface area contributed by atoms with E-state index < -0.39 is 17.5 Å². The molecule has 1 atom stereocenters. The number of hydrogen-bond donors (Lipinski definition) is 3. The molecule has 5 nitrogen and oxygen atoms in total. The molecule has 112 valence electrons. The highest BCUT2D eigenvalue weighted by molar-refractivity contribution is 5.86. The molecule has 3 N–H and O–H groups in total. The van der Waals surface area contributed by atoms with Gasteiger partial charge in [-0.15, -0.1) is 0 Å². The Morgan fingerprint density at radius 3 is 2.00 bits per heavy atom. The Bertz CT molecular complexity index is 299. The molecule has 0 aromatic rings. The van der Waals surface area contributed by atoms with E-state index in [4.69, 9.17) is 0 Å². The fraction of sp³-hybridized carbons (Fsp3) is 0.857. The molecule has 0 heterocycles. The number of amides is 2. The van der Waals surface area contributed by atoms with E-state index >= 15 is 0 Å². The maximum absolute atomic E-state index is 11.9. The van der Waals surface area contributed by atoms with Gasteiger partial charge in [0.25, 0.3) is 0 Å². The average molecular weight is 272 g/mol. The maximum atomic E-state index is 11.9. The second-order valence-corrected chi connectivity index (χ2v) is 5.57. The Kier molecular flexibility index (Phi) is 7.49. The van der Waals surface area contributed by atoms with Gasteiger partial charge in [0.15, 0.2) is 0 Å². The van der Waals surface area contributed by atoms with Gasteiger partial charge in [0.05, 0.1) is 0 Å². The van der Waals surface area contributed by atoms with Gasteiger partial charge < -0.3 is 15.7 Å². The van der Waals surface area contributed by atoms with Crippen molar-refractivity contribution < 1.29 is 14.7 Å². The predicted molar refractivity (Wildman–Crippen MR) is 76.2 cm³/mol. The third kappa shape index (κ3) is 5.94. The van der Waals surface area contributed by atoms with Crippen molar-refractivity contribution in [2.45, 2.75) is 71.9 Å². The number of carbonyl (C=O) groups is 2. The largest absolute Gasteiger partial charge is 0.480 e. The van der Waals surface area contributed by atoms with Gasteiger partial charge in [-0.3, -0.25) is 0 Å². The zero-order valence-electron chi connectivity index (χ0n) is 12.7. The van der Waals surface area contributed by atoms with Gasteiger partial charge in [0.1, 0.15) is 5.54 Å². The highest BCUT2D eigenvalue weighted by Crippen LogP contribution is 2.15. The van der Waals surface area contributed by atoms with Crippen LogP contribution in [-0.2, 0) is 4.79 Å². The molecule has 2 amide bonds. The minimum absolute atomic E-state index is 0.0441. The summed E-state index contributed by atoms with van der Waals surface area (Å²) in [5, 5.41) is 14.6. The SMILES string of the molecule is CCC(CC)(NC(=O)NC(C)CCC(C)C)C(=O)O.